The molecule has 0 radical (unpaired) electrons. The van der Waals surface area contributed by atoms with Crippen LogP contribution < -0.4 is 11.3 Å². The van der Waals surface area contributed by atoms with Crippen molar-refractivity contribution in [2.24, 2.45) is 5.84 Å². The van der Waals surface area contributed by atoms with E-state index >= 15 is 0 Å². The summed E-state index contributed by atoms with van der Waals surface area (Å²) in [5.74, 6) is 5.56. The Balaban J connectivity index is 2.44. The number of aromatic nitrogens is 2. The van der Waals surface area contributed by atoms with Gasteiger partial charge in [-0.05, 0) is 13.0 Å². The summed E-state index contributed by atoms with van der Waals surface area (Å²) in [5, 5.41) is 4.76. The molecule has 2 aromatic rings. The predicted octanol–water partition coefficient (Wildman–Crippen LogP) is 1.70. The predicted molar refractivity (Wildman–Crippen MR) is 60.8 cm³/mol. The molecule has 5 nitrogen and oxygen atoms in total. The number of nitrogens with two attached hydrogens (primary N) is 1. The molecule has 0 bridgehead atoms. The van der Waals surface area contributed by atoms with Crippen molar-refractivity contribution in [1.82, 2.24) is 15.2 Å². The van der Waals surface area contributed by atoms with Crippen molar-refractivity contribution >= 4 is 11.6 Å². The van der Waals surface area contributed by atoms with Gasteiger partial charge < -0.3 is 4.42 Å². The monoisotopic (exact) mass is 240 g/mol. The lowest BCUT2D eigenvalue weighted by atomic mass is 10.1. The lowest BCUT2D eigenvalue weighted by molar-refractivity contribution is 0.527. The number of hydrogen-bond acceptors (Lipinski definition) is 4. The van der Waals surface area contributed by atoms with E-state index in [4.69, 9.17) is 21.9 Å². The van der Waals surface area contributed by atoms with E-state index in [0.717, 1.165) is 17.8 Å². The standard InChI is InChI=1S/C10H13ClN4O/c1-2-15-10(8(11)5-13-15)9(14-12)7-3-4-16-6-7/h3-6,9,14H,2,12H2,1H3. The average molecular weight is 241 g/mol. The van der Waals surface area contributed by atoms with Crippen LogP contribution >= 0.6 is 11.6 Å². The number of halogens is 1. The van der Waals surface area contributed by atoms with Gasteiger partial charge in [0, 0.05) is 12.1 Å². The van der Waals surface area contributed by atoms with Crippen molar-refractivity contribution in [1.29, 1.82) is 0 Å². The van der Waals surface area contributed by atoms with Crippen LogP contribution in [0.4, 0.5) is 0 Å². The number of nitrogens with zero attached hydrogens (tertiary/aromatic N) is 2. The number of rotatable bonds is 4. The van der Waals surface area contributed by atoms with Gasteiger partial charge in [-0.15, -0.1) is 0 Å². The second-order valence-electron chi connectivity index (χ2n) is 3.35. The van der Waals surface area contributed by atoms with Crippen molar-refractivity contribution in [2.75, 3.05) is 0 Å². The Labute approximate surface area is 98.1 Å². The van der Waals surface area contributed by atoms with Crippen LogP contribution in [0.15, 0.2) is 29.2 Å². The Hall–Kier alpha value is -1.30. The maximum atomic E-state index is 6.10. The summed E-state index contributed by atoms with van der Waals surface area (Å²) in [4.78, 5) is 0. The maximum absolute atomic E-state index is 6.10. The Morgan fingerprint density at radius 3 is 3.06 bits per heavy atom. The van der Waals surface area contributed by atoms with Gasteiger partial charge >= 0.3 is 0 Å². The molecular weight excluding hydrogens is 228 g/mol. The molecule has 0 saturated heterocycles. The Kier molecular flexibility index (Phi) is 3.28. The third-order valence-corrected chi connectivity index (χ3v) is 2.74. The van der Waals surface area contributed by atoms with Gasteiger partial charge in [-0.2, -0.15) is 5.10 Å². The van der Waals surface area contributed by atoms with Crippen molar-refractivity contribution in [3.05, 3.63) is 41.1 Å². The fourth-order valence-electron chi connectivity index (χ4n) is 1.68. The molecule has 2 heterocycles. The van der Waals surface area contributed by atoms with Crippen molar-refractivity contribution in [3.63, 3.8) is 0 Å². The van der Waals surface area contributed by atoms with Crippen LogP contribution in [0.3, 0.4) is 0 Å². The number of aryl methyl sites for hydroxylation is 1. The summed E-state index contributed by atoms with van der Waals surface area (Å²) in [6, 6.07) is 1.63. The molecule has 16 heavy (non-hydrogen) atoms. The zero-order valence-corrected chi connectivity index (χ0v) is 9.61. The van der Waals surface area contributed by atoms with E-state index in [1.807, 2.05) is 13.0 Å². The Morgan fingerprint density at radius 1 is 1.69 bits per heavy atom. The largest absolute Gasteiger partial charge is 0.472 e. The molecule has 0 amide bonds. The van der Waals surface area contributed by atoms with E-state index in [-0.39, 0.29) is 6.04 Å². The topological polar surface area (TPSA) is 69.0 Å². The SMILES string of the molecule is CCn1ncc(Cl)c1C(NN)c1ccoc1. The molecule has 0 aromatic carbocycles. The van der Waals surface area contributed by atoms with Crippen LogP contribution in [0, 0.1) is 0 Å². The summed E-state index contributed by atoms with van der Waals surface area (Å²) >= 11 is 6.10. The summed E-state index contributed by atoms with van der Waals surface area (Å²) in [5.41, 5.74) is 4.47. The van der Waals surface area contributed by atoms with Gasteiger partial charge in [0.05, 0.1) is 35.5 Å². The highest BCUT2D eigenvalue weighted by atomic mass is 35.5. The second-order valence-corrected chi connectivity index (χ2v) is 3.76. The number of hydrazine groups is 1. The smallest absolute Gasteiger partial charge is 0.0954 e. The zero-order chi connectivity index (χ0) is 11.5. The van der Waals surface area contributed by atoms with E-state index in [2.05, 4.69) is 10.5 Å². The fourth-order valence-corrected chi connectivity index (χ4v) is 1.93. The first kappa shape index (κ1) is 11.2. The van der Waals surface area contributed by atoms with Crippen LogP contribution in [0.2, 0.25) is 5.02 Å². The molecular formula is C10H13ClN4O. The zero-order valence-electron chi connectivity index (χ0n) is 8.85. The molecule has 0 aliphatic rings. The van der Waals surface area contributed by atoms with Gasteiger partial charge in [0.2, 0.25) is 0 Å². The van der Waals surface area contributed by atoms with E-state index < -0.39 is 0 Å². The highest BCUT2D eigenvalue weighted by Gasteiger charge is 2.21. The molecule has 1 unspecified atom stereocenters. The van der Waals surface area contributed by atoms with Crippen molar-refractivity contribution in [3.8, 4) is 0 Å². The molecule has 0 aliphatic carbocycles. The van der Waals surface area contributed by atoms with Gasteiger partial charge in [-0.1, -0.05) is 11.6 Å². The number of nitrogens with one attached hydrogen (secondary N) is 1. The van der Waals surface area contributed by atoms with Gasteiger partial charge in [0.1, 0.15) is 0 Å². The molecule has 0 spiro atoms. The van der Waals surface area contributed by atoms with Crippen LogP contribution in [-0.4, -0.2) is 9.78 Å². The van der Waals surface area contributed by atoms with E-state index in [9.17, 15) is 0 Å². The number of furan rings is 1. The number of hydrogen-bond donors (Lipinski definition) is 2. The molecule has 0 fully saturated rings. The first-order valence-electron chi connectivity index (χ1n) is 4.97. The van der Waals surface area contributed by atoms with Crippen molar-refractivity contribution in [2.45, 2.75) is 19.5 Å². The van der Waals surface area contributed by atoms with Crippen LogP contribution in [-0.2, 0) is 6.54 Å². The van der Waals surface area contributed by atoms with Crippen LogP contribution in [0.25, 0.3) is 0 Å². The quantitative estimate of drug-likeness (QED) is 0.631. The molecule has 0 saturated carbocycles. The first-order chi connectivity index (χ1) is 7.77. The minimum absolute atomic E-state index is 0.214. The molecule has 0 aliphatic heterocycles. The van der Waals surface area contributed by atoms with E-state index in [1.54, 1.807) is 23.4 Å². The van der Waals surface area contributed by atoms with E-state index in [1.165, 1.54) is 0 Å². The maximum Gasteiger partial charge on any atom is 0.0954 e. The van der Waals surface area contributed by atoms with Gasteiger partial charge in [-0.25, -0.2) is 5.43 Å². The van der Waals surface area contributed by atoms with Gasteiger partial charge in [0.25, 0.3) is 0 Å². The lowest BCUT2D eigenvalue weighted by Gasteiger charge is -2.16. The highest BCUT2D eigenvalue weighted by molar-refractivity contribution is 6.31. The average Bonchev–Trinajstić information content (AvgIpc) is 2.91. The summed E-state index contributed by atoms with van der Waals surface area (Å²) in [6.07, 6.45) is 4.85. The summed E-state index contributed by atoms with van der Waals surface area (Å²) in [7, 11) is 0. The molecule has 6 heteroatoms. The minimum atomic E-state index is -0.214. The molecule has 3 N–H and O–H groups in total. The third-order valence-electron chi connectivity index (χ3n) is 2.45. The first-order valence-corrected chi connectivity index (χ1v) is 5.35. The third kappa shape index (κ3) is 1.84. The second kappa shape index (κ2) is 4.69. The van der Waals surface area contributed by atoms with Gasteiger partial charge in [0.15, 0.2) is 0 Å². The molecule has 2 rings (SSSR count). The fraction of sp³-hybridized carbons (Fsp3) is 0.300. The van der Waals surface area contributed by atoms with Crippen molar-refractivity contribution < 1.29 is 4.42 Å². The summed E-state index contributed by atoms with van der Waals surface area (Å²) in [6.45, 7) is 2.73. The van der Waals surface area contributed by atoms with E-state index in [0.29, 0.717) is 5.02 Å². The minimum Gasteiger partial charge on any atom is -0.472 e. The molecule has 2 aromatic heterocycles. The molecule has 86 valence electrons. The summed E-state index contributed by atoms with van der Waals surface area (Å²) < 4.78 is 6.85. The normalized spacial score (nSPS) is 12.9. The Morgan fingerprint density at radius 2 is 2.50 bits per heavy atom. The van der Waals surface area contributed by atoms with Crippen LogP contribution in [0.5, 0.6) is 0 Å². The Bertz CT molecular complexity index is 451. The van der Waals surface area contributed by atoms with Crippen LogP contribution in [0.1, 0.15) is 24.2 Å². The van der Waals surface area contributed by atoms with Gasteiger partial charge in [-0.3, -0.25) is 10.5 Å². The lowest BCUT2D eigenvalue weighted by Crippen LogP contribution is -2.30. The highest BCUT2D eigenvalue weighted by Crippen LogP contribution is 2.27. The molecule has 1 atom stereocenters.